The maximum atomic E-state index is 15.0. The molecule has 0 unspecified atom stereocenters. The molecule has 186 valence electrons. The van der Waals surface area contributed by atoms with Gasteiger partial charge in [0.2, 0.25) is 0 Å². The van der Waals surface area contributed by atoms with E-state index in [1.165, 1.54) is 18.9 Å². The number of nitrogens with two attached hydrogens (primary N) is 2. The molecular formula is C27H28FN5O3. The van der Waals surface area contributed by atoms with Gasteiger partial charge in [0.05, 0.1) is 16.7 Å². The van der Waals surface area contributed by atoms with Gasteiger partial charge in [-0.3, -0.25) is 4.90 Å². The zero-order valence-electron chi connectivity index (χ0n) is 19.7. The number of rotatable bonds is 3. The van der Waals surface area contributed by atoms with Gasteiger partial charge in [0.15, 0.2) is 23.6 Å². The topological polar surface area (TPSA) is 133 Å². The molecular weight excluding hydrogens is 461 g/mol. The third-order valence-electron chi connectivity index (χ3n) is 9.48. The fraction of sp³-hybridized carbons (Fsp3) is 0.444. The molecule has 9 heteroatoms. The number of aromatic amines is 1. The van der Waals surface area contributed by atoms with Crippen molar-refractivity contribution in [2.24, 2.45) is 22.4 Å². The molecule has 1 saturated carbocycles. The molecule has 0 radical (unpaired) electrons. The SMILES string of the molecule is NC(N)=Nc1cc2[nH]c3c(c2cc1F)C[C@@]1(O)[C@H]2Cc4ccc(O)c5c4[C@@]1(CCN2CC1CC1)[C@H]3O5. The molecule has 3 aromatic rings. The van der Waals surface area contributed by atoms with Gasteiger partial charge in [0.25, 0.3) is 0 Å². The third-order valence-corrected chi connectivity index (χ3v) is 9.48. The van der Waals surface area contributed by atoms with Gasteiger partial charge in [-0.2, -0.15) is 0 Å². The number of aliphatic imine (C=N–C) groups is 1. The Bertz CT molecular complexity index is 1510. The summed E-state index contributed by atoms with van der Waals surface area (Å²) < 4.78 is 21.6. The molecule has 7 N–H and O–H groups in total. The van der Waals surface area contributed by atoms with Crippen LogP contribution in [0.3, 0.4) is 0 Å². The van der Waals surface area contributed by atoms with E-state index in [-0.39, 0.29) is 23.4 Å². The van der Waals surface area contributed by atoms with Crippen LogP contribution in [0.1, 0.15) is 47.8 Å². The molecule has 3 aliphatic carbocycles. The van der Waals surface area contributed by atoms with Crippen molar-refractivity contribution in [1.82, 2.24) is 9.88 Å². The van der Waals surface area contributed by atoms with Crippen LogP contribution < -0.4 is 16.2 Å². The molecule has 4 atom stereocenters. The highest BCUT2D eigenvalue weighted by Gasteiger charge is 2.72. The van der Waals surface area contributed by atoms with E-state index in [1.54, 1.807) is 12.1 Å². The molecule has 2 bridgehead atoms. The lowest BCUT2D eigenvalue weighted by Crippen LogP contribution is -2.74. The number of aliphatic hydroxyl groups is 1. The zero-order valence-corrected chi connectivity index (χ0v) is 19.7. The van der Waals surface area contributed by atoms with Gasteiger partial charge in [-0.05, 0) is 67.5 Å². The van der Waals surface area contributed by atoms with Crippen LogP contribution in [-0.2, 0) is 18.3 Å². The number of nitrogens with zero attached hydrogens (tertiary/aromatic N) is 2. The Hall–Kier alpha value is -3.30. The summed E-state index contributed by atoms with van der Waals surface area (Å²) in [4.78, 5) is 9.87. The number of hydrogen-bond donors (Lipinski definition) is 5. The minimum atomic E-state index is -1.12. The second-order valence-electron chi connectivity index (χ2n) is 11.3. The van der Waals surface area contributed by atoms with Crippen LogP contribution >= 0.6 is 0 Å². The largest absolute Gasteiger partial charge is 0.504 e. The maximum Gasteiger partial charge on any atom is 0.191 e. The van der Waals surface area contributed by atoms with Gasteiger partial charge in [0, 0.05) is 35.5 Å². The van der Waals surface area contributed by atoms with Gasteiger partial charge in [0.1, 0.15) is 11.5 Å². The number of halogens is 1. The number of likely N-dealkylation sites (tertiary alicyclic amines) is 1. The summed E-state index contributed by atoms with van der Waals surface area (Å²) in [5.41, 5.74) is 13.7. The number of aromatic hydroxyl groups is 1. The predicted octanol–water partition coefficient (Wildman–Crippen LogP) is 2.62. The highest BCUT2D eigenvalue weighted by molar-refractivity contribution is 5.90. The van der Waals surface area contributed by atoms with Crippen molar-refractivity contribution < 1.29 is 19.3 Å². The predicted molar refractivity (Wildman–Crippen MR) is 132 cm³/mol. The van der Waals surface area contributed by atoms with Crippen LogP contribution in [0.2, 0.25) is 0 Å². The molecule has 2 aromatic carbocycles. The van der Waals surface area contributed by atoms with Gasteiger partial charge >= 0.3 is 0 Å². The number of hydrogen-bond acceptors (Lipinski definition) is 5. The van der Waals surface area contributed by atoms with Crippen LogP contribution in [-0.4, -0.2) is 50.8 Å². The molecule has 3 heterocycles. The van der Waals surface area contributed by atoms with E-state index in [2.05, 4.69) is 14.9 Å². The highest BCUT2D eigenvalue weighted by atomic mass is 19.1. The third kappa shape index (κ3) is 2.38. The van der Waals surface area contributed by atoms with Gasteiger partial charge in [-0.25, -0.2) is 9.38 Å². The number of fused-ring (bicyclic) bond motifs is 4. The number of guanidine groups is 1. The van der Waals surface area contributed by atoms with E-state index >= 15 is 4.39 Å². The van der Waals surface area contributed by atoms with Crippen molar-refractivity contribution in [3.63, 3.8) is 0 Å². The van der Waals surface area contributed by atoms with E-state index in [0.29, 0.717) is 35.4 Å². The van der Waals surface area contributed by atoms with Crippen LogP contribution in [0.5, 0.6) is 11.5 Å². The molecule has 36 heavy (non-hydrogen) atoms. The van der Waals surface area contributed by atoms with Crippen LogP contribution in [0, 0.1) is 11.7 Å². The molecule has 1 spiro atoms. The number of benzene rings is 2. The standard InChI is InChI=1S/C27H28FN5O3/c28-16-8-14-15-10-27(35)20-7-13-3-4-19(34)23-21(13)26(27,5-6-33(20)11-12-1-2-12)24(36-23)22(15)31-17(14)9-18(16)32-25(29)30/h3-4,8-9,12,20,24,31,34-35H,1-2,5-7,10-11H2,(H4,29,30,32)/t20-,24+,26+,27-/m1/s1. The van der Waals surface area contributed by atoms with Gasteiger partial charge in [-0.15, -0.1) is 0 Å². The Morgan fingerprint density at radius 3 is 2.89 bits per heavy atom. The van der Waals surface area contributed by atoms with E-state index in [0.717, 1.165) is 41.9 Å². The van der Waals surface area contributed by atoms with Crippen molar-refractivity contribution in [2.45, 2.75) is 55.3 Å². The summed E-state index contributed by atoms with van der Waals surface area (Å²) in [5, 5.41) is 24.3. The maximum absolute atomic E-state index is 15.0. The number of piperidine rings is 1. The van der Waals surface area contributed by atoms with Gasteiger partial charge < -0.3 is 31.4 Å². The van der Waals surface area contributed by atoms with E-state index in [4.69, 9.17) is 16.2 Å². The summed E-state index contributed by atoms with van der Waals surface area (Å²) in [6.07, 6.45) is 3.78. The quantitative estimate of drug-likeness (QED) is 0.284. The number of aromatic nitrogens is 1. The Morgan fingerprint density at radius 2 is 2.11 bits per heavy atom. The first kappa shape index (κ1) is 20.8. The molecule has 1 aromatic heterocycles. The molecule has 2 fully saturated rings. The van der Waals surface area contributed by atoms with Crippen molar-refractivity contribution in [2.75, 3.05) is 13.1 Å². The second kappa shape index (κ2) is 6.52. The molecule has 8 rings (SSSR count). The number of H-pyrrole nitrogens is 1. The zero-order chi connectivity index (χ0) is 24.6. The first-order valence-electron chi connectivity index (χ1n) is 12.7. The number of ether oxygens (including phenoxy) is 1. The summed E-state index contributed by atoms with van der Waals surface area (Å²) in [5.74, 6) is 0.525. The molecule has 5 aliphatic rings. The summed E-state index contributed by atoms with van der Waals surface area (Å²) >= 11 is 0. The van der Waals surface area contributed by atoms with Crippen molar-refractivity contribution in [3.05, 3.63) is 52.5 Å². The Morgan fingerprint density at radius 1 is 1.28 bits per heavy atom. The smallest absolute Gasteiger partial charge is 0.191 e. The van der Waals surface area contributed by atoms with Gasteiger partial charge in [-0.1, -0.05) is 6.07 Å². The minimum absolute atomic E-state index is 0.0558. The molecule has 1 saturated heterocycles. The first-order chi connectivity index (χ1) is 17.3. The lowest BCUT2D eigenvalue weighted by Gasteiger charge is -2.62. The highest BCUT2D eigenvalue weighted by Crippen LogP contribution is 2.69. The average Bonchev–Trinajstić information content (AvgIpc) is 3.48. The Labute approximate surface area is 206 Å². The first-order valence-corrected chi connectivity index (χ1v) is 12.7. The monoisotopic (exact) mass is 489 g/mol. The number of nitrogens with one attached hydrogen (secondary N) is 1. The van der Waals surface area contributed by atoms with Crippen molar-refractivity contribution >= 4 is 22.5 Å². The van der Waals surface area contributed by atoms with Crippen LogP contribution in [0.15, 0.2) is 29.3 Å². The Kier molecular flexibility index (Phi) is 3.78. The lowest BCUT2D eigenvalue weighted by molar-refractivity contribution is -0.173. The Balaban J connectivity index is 1.38. The number of phenols is 1. The second-order valence-corrected chi connectivity index (χ2v) is 11.3. The lowest BCUT2D eigenvalue weighted by atomic mass is 9.49. The normalized spacial score (nSPS) is 31.6. The van der Waals surface area contributed by atoms with E-state index < -0.39 is 22.9 Å². The van der Waals surface area contributed by atoms with Crippen molar-refractivity contribution in [3.8, 4) is 11.5 Å². The minimum Gasteiger partial charge on any atom is -0.504 e. The summed E-state index contributed by atoms with van der Waals surface area (Å²) in [6.45, 7) is 1.86. The average molecular weight is 490 g/mol. The van der Waals surface area contributed by atoms with Crippen LogP contribution in [0.4, 0.5) is 10.1 Å². The van der Waals surface area contributed by atoms with E-state index in [9.17, 15) is 10.2 Å². The summed E-state index contributed by atoms with van der Waals surface area (Å²) in [7, 11) is 0. The summed E-state index contributed by atoms with van der Waals surface area (Å²) in [6, 6.07) is 6.66. The number of phenolic OH excluding ortho intramolecular Hbond substituents is 1. The molecule has 0 amide bonds. The molecule has 2 aliphatic heterocycles. The fourth-order valence-electron chi connectivity index (χ4n) is 7.86. The van der Waals surface area contributed by atoms with Crippen molar-refractivity contribution in [1.29, 1.82) is 0 Å². The fourth-order valence-corrected chi connectivity index (χ4v) is 7.86. The molecule has 8 nitrogen and oxygen atoms in total. The van der Waals surface area contributed by atoms with Crippen LogP contribution in [0.25, 0.3) is 10.9 Å². The van der Waals surface area contributed by atoms with E-state index in [1.807, 2.05) is 6.07 Å².